The van der Waals surface area contributed by atoms with Crippen LogP contribution in [0.25, 0.3) is 0 Å². The highest BCUT2D eigenvalue weighted by Gasteiger charge is 2.15. The summed E-state index contributed by atoms with van der Waals surface area (Å²) >= 11 is 5.33. The van der Waals surface area contributed by atoms with Crippen molar-refractivity contribution in [2.75, 3.05) is 12.5 Å². The van der Waals surface area contributed by atoms with E-state index in [1.165, 1.54) is 0 Å². The van der Waals surface area contributed by atoms with Gasteiger partial charge in [-0.15, -0.1) is 11.6 Å². The lowest BCUT2D eigenvalue weighted by Crippen LogP contribution is -2.01. The van der Waals surface area contributed by atoms with Crippen molar-refractivity contribution in [3.8, 4) is 5.75 Å². The number of ether oxygens (including phenoxy) is 1. The largest absolute Gasteiger partial charge is 0.485 e. The van der Waals surface area contributed by atoms with Crippen LogP contribution in [0.4, 0.5) is 10.1 Å². The first-order valence-corrected chi connectivity index (χ1v) is 4.31. The van der Waals surface area contributed by atoms with Crippen molar-refractivity contribution in [3.05, 3.63) is 34.1 Å². The maximum atomic E-state index is 12.7. The normalized spacial score (nSPS) is 9.86. The minimum absolute atomic E-state index is 0.101. The number of benzene rings is 1. The minimum Gasteiger partial charge on any atom is -0.485 e. The standard InChI is InChI=1S/C8H7ClFNO3/c9-3-4-14-8-5-6(10)1-2-7(8)11(12)13/h1-2,5H,3-4H2. The van der Waals surface area contributed by atoms with Crippen LogP contribution in [-0.4, -0.2) is 17.4 Å². The Hall–Kier alpha value is -1.36. The number of nitro benzene ring substituents is 1. The van der Waals surface area contributed by atoms with Gasteiger partial charge in [0.25, 0.3) is 0 Å². The van der Waals surface area contributed by atoms with Gasteiger partial charge in [0.2, 0.25) is 0 Å². The predicted octanol–water partition coefficient (Wildman–Crippen LogP) is 2.35. The van der Waals surface area contributed by atoms with Gasteiger partial charge in [0, 0.05) is 12.1 Å². The fraction of sp³-hybridized carbons (Fsp3) is 0.250. The number of hydrogen-bond donors (Lipinski definition) is 0. The van der Waals surface area contributed by atoms with Gasteiger partial charge in [-0.3, -0.25) is 10.1 Å². The van der Waals surface area contributed by atoms with E-state index in [4.69, 9.17) is 16.3 Å². The molecule has 0 bridgehead atoms. The number of rotatable bonds is 4. The molecular formula is C8H7ClFNO3. The first-order chi connectivity index (χ1) is 6.65. The van der Waals surface area contributed by atoms with Crippen LogP contribution in [0.2, 0.25) is 0 Å². The first-order valence-electron chi connectivity index (χ1n) is 3.78. The SMILES string of the molecule is O=[N+]([O-])c1ccc(F)cc1OCCCl. The highest BCUT2D eigenvalue weighted by atomic mass is 35.5. The van der Waals surface area contributed by atoms with Crippen molar-refractivity contribution in [1.29, 1.82) is 0 Å². The van der Waals surface area contributed by atoms with Crippen LogP contribution in [0, 0.1) is 15.9 Å². The summed E-state index contributed by atoms with van der Waals surface area (Å²) < 4.78 is 17.6. The Morgan fingerprint density at radius 2 is 2.29 bits per heavy atom. The molecule has 0 aromatic heterocycles. The van der Waals surface area contributed by atoms with Crippen LogP contribution in [-0.2, 0) is 0 Å². The smallest absolute Gasteiger partial charge is 0.311 e. The van der Waals surface area contributed by atoms with Crippen molar-refractivity contribution in [2.24, 2.45) is 0 Å². The molecule has 76 valence electrons. The van der Waals surface area contributed by atoms with Gasteiger partial charge in [-0.05, 0) is 6.07 Å². The maximum Gasteiger partial charge on any atom is 0.311 e. The molecular weight excluding hydrogens is 213 g/mol. The van der Waals surface area contributed by atoms with E-state index in [1.807, 2.05) is 0 Å². The molecule has 0 aliphatic carbocycles. The van der Waals surface area contributed by atoms with Crippen molar-refractivity contribution in [3.63, 3.8) is 0 Å². The molecule has 6 heteroatoms. The summed E-state index contributed by atoms with van der Waals surface area (Å²) in [5.74, 6) is -0.496. The van der Waals surface area contributed by atoms with E-state index in [2.05, 4.69) is 0 Å². The van der Waals surface area contributed by atoms with Gasteiger partial charge in [-0.2, -0.15) is 0 Å². The molecule has 0 radical (unpaired) electrons. The number of nitro groups is 1. The molecule has 0 saturated carbocycles. The van der Waals surface area contributed by atoms with E-state index >= 15 is 0 Å². The van der Waals surface area contributed by atoms with Gasteiger partial charge in [0.1, 0.15) is 12.4 Å². The fourth-order valence-electron chi connectivity index (χ4n) is 0.903. The van der Waals surface area contributed by atoms with Gasteiger partial charge >= 0.3 is 5.69 Å². The zero-order valence-corrected chi connectivity index (χ0v) is 7.83. The van der Waals surface area contributed by atoms with Gasteiger partial charge < -0.3 is 4.74 Å². The summed E-state index contributed by atoms with van der Waals surface area (Å²) in [4.78, 5) is 9.83. The van der Waals surface area contributed by atoms with E-state index < -0.39 is 10.7 Å². The number of halogens is 2. The molecule has 0 fully saturated rings. The third-order valence-electron chi connectivity index (χ3n) is 1.45. The molecule has 1 aromatic carbocycles. The summed E-state index contributed by atoms with van der Waals surface area (Å²) in [7, 11) is 0. The Morgan fingerprint density at radius 1 is 1.57 bits per heavy atom. The second kappa shape index (κ2) is 4.76. The molecule has 0 atom stereocenters. The molecule has 0 spiro atoms. The van der Waals surface area contributed by atoms with Crippen molar-refractivity contribution in [2.45, 2.75) is 0 Å². The molecule has 0 unspecified atom stereocenters. The van der Waals surface area contributed by atoms with Crippen molar-refractivity contribution < 1.29 is 14.1 Å². The Balaban J connectivity index is 2.97. The second-order valence-electron chi connectivity index (χ2n) is 2.41. The predicted molar refractivity (Wildman–Crippen MR) is 49.3 cm³/mol. The summed E-state index contributed by atoms with van der Waals surface area (Å²) in [5.41, 5.74) is -0.267. The van der Waals surface area contributed by atoms with E-state index in [9.17, 15) is 14.5 Å². The van der Waals surface area contributed by atoms with Crippen LogP contribution in [0.15, 0.2) is 18.2 Å². The third kappa shape index (κ3) is 2.56. The Labute approximate surface area is 84.4 Å². The van der Waals surface area contributed by atoms with E-state index in [0.717, 1.165) is 18.2 Å². The molecule has 4 nitrogen and oxygen atoms in total. The highest BCUT2D eigenvalue weighted by molar-refractivity contribution is 6.18. The Morgan fingerprint density at radius 3 is 2.86 bits per heavy atom. The Bertz CT molecular complexity index is 345. The molecule has 14 heavy (non-hydrogen) atoms. The highest BCUT2D eigenvalue weighted by Crippen LogP contribution is 2.27. The van der Waals surface area contributed by atoms with Gasteiger partial charge in [-0.1, -0.05) is 0 Å². The van der Waals surface area contributed by atoms with E-state index in [0.29, 0.717) is 0 Å². The summed E-state index contributed by atoms with van der Waals surface area (Å²) in [6.45, 7) is 0.103. The van der Waals surface area contributed by atoms with E-state index in [-0.39, 0.29) is 23.9 Å². The minimum atomic E-state index is -0.636. The van der Waals surface area contributed by atoms with Crippen molar-refractivity contribution in [1.82, 2.24) is 0 Å². The summed E-state index contributed by atoms with van der Waals surface area (Å²) in [6, 6.07) is 3.02. The number of nitrogens with zero attached hydrogens (tertiary/aromatic N) is 1. The quantitative estimate of drug-likeness (QED) is 0.444. The molecule has 0 aliphatic heterocycles. The van der Waals surface area contributed by atoms with Crippen molar-refractivity contribution >= 4 is 17.3 Å². The molecule has 1 rings (SSSR count). The van der Waals surface area contributed by atoms with Gasteiger partial charge in [0.05, 0.1) is 10.8 Å². The lowest BCUT2D eigenvalue weighted by molar-refractivity contribution is -0.385. The molecule has 1 aromatic rings. The molecule has 0 amide bonds. The van der Waals surface area contributed by atoms with Crippen LogP contribution in [0.3, 0.4) is 0 Å². The maximum absolute atomic E-state index is 12.7. The lowest BCUT2D eigenvalue weighted by Gasteiger charge is -2.04. The average Bonchev–Trinajstić information content (AvgIpc) is 2.14. The molecule has 0 N–H and O–H groups in total. The number of alkyl halides is 1. The molecule has 0 saturated heterocycles. The van der Waals surface area contributed by atoms with Crippen LogP contribution < -0.4 is 4.74 Å². The average molecular weight is 220 g/mol. The van der Waals surface area contributed by atoms with Crippen LogP contribution in [0.1, 0.15) is 0 Å². The van der Waals surface area contributed by atoms with Gasteiger partial charge in [-0.25, -0.2) is 4.39 Å². The van der Waals surface area contributed by atoms with Gasteiger partial charge in [0.15, 0.2) is 5.75 Å². The second-order valence-corrected chi connectivity index (χ2v) is 2.78. The van der Waals surface area contributed by atoms with Crippen LogP contribution >= 0.6 is 11.6 Å². The zero-order chi connectivity index (χ0) is 10.6. The van der Waals surface area contributed by atoms with Crippen LogP contribution in [0.5, 0.6) is 5.75 Å². The lowest BCUT2D eigenvalue weighted by atomic mass is 10.3. The van der Waals surface area contributed by atoms with E-state index in [1.54, 1.807) is 0 Å². The molecule has 0 aliphatic rings. The Kier molecular flexibility index (Phi) is 3.64. The topological polar surface area (TPSA) is 52.4 Å². The zero-order valence-electron chi connectivity index (χ0n) is 7.07. The summed E-state index contributed by atoms with van der Waals surface area (Å²) in [6.07, 6.45) is 0. The monoisotopic (exact) mass is 219 g/mol. The first kappa shape index (κ1) is 10.7. The summed E-state index contributed by atoms with van der Waals surface area (Å²) in [5, 5.41) is 10.5. The number of hydrogen-bond acceptors (Lipinski definition) is 3. The fourth-order valence-corrected chi connectivity index (χ4v) is 0.980. The molecule has 0 heterocycles. The third-order valence-corrected chi connectivity index (χ3v) is 1.61.